The largest absolute Gasteiger partial charge is 0.428 e. The summed E-state index contributed by atoms with van der Waals surface area (Å²) in [6.45, 7) is 2.63. The van der Waals surface area contributed by atoms with E-state index in [1.54, 1.807) is 13.8 Å². The Bertz CT molecular complexity index is 728. The molecule has 2 N–H and O–H groups in total. The molecule has 0 aromatic carbocycles. The maximum atomic E-state index is 11.4. The van der Waals surface area contributed by atoms with Gasteiger partial charge in [0.25, 0.3) is 5.56 Å². The number of ether oxygens (including phenoxy) is 3. The van der Waals surface area contributed by atoms with Gasteiger partial charge in [-0.1, -0.05) is 13.8 Å². The van der Waals surface area contributed by atoms with E-state index in [0.29, 0.717) is 6.08 Å². The topological polar surface area (TPSA) is 145 Å². The number of nitrogens with one attached hydrogen (secondary N) is 2. The third kappa shape index (κ3) is 6.42. The van der Waals surface area contributed by atoms with Crippen molar-refractivity contribution in [2.45, 2.75) is 13.8 Å². The van der Waals surface area contributed by atoms with Gasteiger partial charge in [0.05, 0.1) is 12.1 Å². The van der Waals surface area contributed by atoms with Crippen LogP contribution in [0, 0.1) is 5.92 Å². The average molecular weight is 326 g/mol. The summed E-state index contributed by atoms with van der Waals surface area (Å²) >= 11 is 0. The van der Waals surface area contributed by atoms with E-state index in [2.05, 4.69) is 19.2 Å². The summed E-state index contributed by atoms with van der Waals surface area (Å²) in [6, 6.07) is 0. The lowest BCUT2D eigenvalue weighted by Gasteiger charge is -2.06. The molecule has 23 heavy (non-hydrogen) atoms. The predicted octanol–water partition coefficient (Wildman–Crippen LogP) is -0.775. The van der Waals surface area contributed by atoms with Gasteiger partial charge < -0.3 is 19.2 Å². The van der Waals surface area contributed by atoms with Crippen LogP contribution >= 0.6 is 0 Å². The standard InChI is InChI=1S/C13H14N2O8/c1-7(2)12(19)22-6-21-9(16)3-4-10(17)23-8-5-14-13(20)15-11(8)18/h3-5,7H,6H2,1-2H3,(H2,14,15,18,20)/b4-3+. The van der Waals surface area contributed by atoms with Gasteiger partial charge in [0.15, 0.2) is 0 Å². The van der Waals surface area contributed by atoms with Crippen LogP contribution in [-0.4, -0.2) is 34.7 Å². The number of carbonyl (C=O) groups is 3. The van der Waals surface area contributed by atoms with Crippen molar-refractivity contribution < 1.29 is 28.6 Å². The smallest absolute Gasteiger partial charge is 0.336 e. The summed E-state index contributed by atoms with van der Waals surface area (Å²) in [7, 11) is 0. The summed E-state index contributed by atoms with van der Waals surface area (Å²) < 4.78 is 13.7. The lowest BCUT2D eigenvalue weighted by molar-refractivity contribution is -0.166. The summed E-state index contributed by atoms with van der Waals surface area (Å²) in [4.78, 5) is 59.7. The average Bonchev–Trinajstić information content (AvgIpc) is 2.47. The van der Waals surface area contributed by atoms with Crippen molar-refractivity contribution in [2.75, 3.05) is 6.79 Å². The number of hydrogen-bond acceptors (Lipinski definition) is 8. The van der Waals surface area contributed by atoms with Gasteiger partial charge in [0.2, 0.25) is 12.5 Å². The summed E-state index contributed by atoms with van der Waals surface area (Å²) in [5.74, 6) is -3.35. The Kier molecular flexibility index (Phi) is 6.46. The van der Waals surface area contributed by atoms with Crippen LogP contribution in [0.3, 0.4) is 0 Å². The second-order valence-corrected chi connectivity index (χ2v) is 4.39. The molecule has 1 aromatic heterocycles. The van der Waals surface area contributed by atoms with E-state index in [9.17, 15) is 24.0 Å². The number of aromatic amines is 2. The molecule has 0 fully saturated rings. The van der Waals surface area contributed by atoms with E-state index in [4.69, 9.17) is 0 Å². The number of hydrogen-bond donors (Lipinski definition) is 2. The molecule has 10 heteroatoms. The zero-order chi connectivity index (χ0) is 17.4. The first kappa shape index (κ1) is 17.9. The predicted molar refractivity (Wildman–Crippen MR) is 74.3 cm³/mol. The van der Waals surface area contributed by atoms with Gasteiger partial charge in [0.1, 0.15) is 0 Å². The molecule has 0 bridgehead atoms. The molecular weight excluding hydrogens is 312 g/mol. The highest BCUT2D eigenvalue weighted by Gasteiger charge is 2.09. The Labute approximate surface area is 129 Å². The molecule has 0 saturated carbocycles. The van der Waals surface area contributed by atoms with Crippen LogP contribution in [0.1, 0.15) is 13.8 Å². The van der Waals surface area contributed by atoms with Crippen molar-refractivity contribution in [3.8, 4) is 5.75 Å². The molecule has 0 saturated heterocycles. The zero-order valence-corrected chi connectivity index (χ0v) is 12.3. The molecule has 1 rings (SSSR count). The fraction of sp³-hybridized carbons (Fsp3) is 0.308. The highest BCUT2D eigenvalue weighted by Crippen LogP contribution is 1.98. The lowest BCUT2D eigenvalue weighted by atomic mass is 10.2. The van der Waals surface area contributed by atoms with Gasteiger partial charge in [-0.05, 0) is 0 Å². The second-order valence-electron chi connectivity index (χ2n) is 4.39. The highest BCUT2D eigenvalue weighted by molar-refractivity contribution is 5.92. The molecule has 0 radical (unpaired) electrons. The molecule has 1 heterocycles. The normalized spacial score (nSPS) is 10.6. The van der Waals surface area contributed by atoms with Gasteiger partial charge in [-0.25, -0.2) is 14.4 Å². The minimum atomic E-state index is -1.04. The first-order chi connectivity index (χ1) is 10.8. The summed E-state index contributed by atoms with van der Waals surface area (Å²) in [6.07, 6.45) is 2.33. The summed E-state index contributed by atoms with van der Waals surface area (Å²) in [5.41, 5.74) is -1.66. The Morgan fingerprint density at radius 3 is 2.39 bits per heavy atom. The van der Waals surface area contributed by atoms with Crippen molar-refractivity contribution in [1.82, 2.24) is 9.97 Å². The molecule has 0 amide bonds. The van der Waals surface area contributed by atoms with E-state index >= 15 is 0 Å². The Morgan fingerprint density at radius 1 is 1.13 bits per heavy atom. The fourth-order valence-corrected chi connectivity index (χ4v) is 1.11. The molecule has 0 aliphatic carbocycles. The maximum Gasteiger partial charge on any atom is 0.336 e. The third-order valence-corrected chi connectivity index (χ3v) is 2.23. The number of aromatic nitrogens is 2. The number of rotatable bonds is 6. The van der Waals surface area contributed by atoms with Crippen LogP contribution < -0.4 is 16.0 Å². The molecule has 10 nitrogen and oxygen atoms in total. The van der Waals surface area contributed by atoms with Gasteiger partial charge in [-0.15, -0.1) is 0 Å². The van der Waals surface area contributed by atoms with E-state index in [1.165, 1.54) is 0 Å². The van der Waals surface area contributed by atoms with Gasteiger partial charge in [-0.3, -0.25) is 14.6 Å². The SMILES string of the molecule is CC(C)C(=O)OCOC(=O)/C=C/C(=O)Oc1c[nH]c(=O)[nH]c1=O. The van der Waals surface area contributed by atoms with Crippen LogP contribution in [0.5, 0.6) is 5.75 Å². The monoisotopic (exact) mass is 326 g/mol. The quantitative estimate of drug-likeness (QED) is 0.393. The van der Waals surface area contributed by atoms with Crippen LogP contribution in [0.25, 0.3) is 0 Å². The van der Waals surface area contributed by atoms with Crippen molar-refractivity contribution in [3.05, 3.63) is 39.2 Å². The van der Waals surface area contributed by atoms with Gasteiger partial charge in [0, 0.05) is 12.2 Å². The lowest BCUT2D eigenvalue weighted by Crippen LogP contribution is -2.24. The van der Waals surface area contributed by atoms with Crippen LogP contribution in [0.4, 0.5) is 0 Å². The molecule has 124 valence electrons. The third-order valence-electron chi connectivity index (χ3n) is 2.23. The first-order valence-electron chi connectivity index (χ1n) is 6.35. The Hall–Kier alpha value is -3.17. The molecular formula is C13H14N2O8. The van der Waals surface area contributed by atoms with E-state index in [1.807, 2.05) is 4.98 Å². The number of carbonyl (C=O) groups excluding carboxylic acids is 3. The van der Waals surface area contributed by atoms with E-state index in [-0.39, 0.29) is 5.92 Å². The van der Waals surface area contributed by atoms with Crippen molar-refractivity contribution in [1.29, 1.82) is 0 Å². The molecule has 0 atom stereocenters. The molecule has 0 unspecified atom stereocenters. The van der Waals surface area contributed by atoms with E-state index < -0.39 is 41.7 Å². The van der Waals surface area contributed by atoms with Gasteiger partial charge in [-0.2, -0.15) is 0 Å². The second kappa shape index (κ2) is 8.32. The Morgan fingerprint density at radius 2 is 1.78 bits per heavy atom. The molecule has 1 aromatic rings. The van der Waals surface area contributed by atoms with Gasteiger partial charge >= 0.3 is 23.6 Å². The minimum Gasteiger partial charge on any atom is -0.428 e. The van der Waals surface area contributed by atoms with Crippen LogP contribution in [0.15, 0.2) is 27.9 Å². The van der Waals surface area contributed by atoms with Crippen LogP contribution in [-0.2, 0) is 23.9 Å². The fourth-order valence-electron chi connectivity index (χ4n) is 1.11. The first-order valence-corrected chi connectivity index (χ1v) is 6.35. The van der Waals surface area contributed by atoms with Crippen molar-refractivity contribution in [3.63, 3.8) is 0 Å². The Balaban J connectivity index is 2.45. The number of H-pyrrole nitrogens is 2. The molecule has 0 spiro atoms. The summed E-state index contributed by atoms with van der Waals surface area (Å²) in [5, 5.41) is 0. The maximum absolute atomic E-state index is 11.4. The highest BCUT2D eigenvalue weighted by atomic mass is 16.7. The zero-order valence-electron chi connectivity index (χ0n) is 12.3. The minimum absolute atomic E-state index is 0.366. The van der Waals surface area contributed by atoms with E-state index in [0.717, 1.165) is 12.3 Å². The molecule has 0 aliphatic heterocycles. The van der Waals surface area contributed by atoms with Crippen molar-refractivity contribution >= 4 is 17.9 Å². The number of esters is 3. The molecule has 0 aliphatic rings. The van der Waals surface area contributed by atoms with Crippen LogP contribution in [0.2, 0.25) is 0 Å². The van der Waals surface area contributed by atoms with Crippen molar-refractivity contribution in [2.24, 2.45) is 5.92 Å².